The lowest BCUT2D eigenvalue weighted by Gasteiger charge is -2.10. The molecule has 1 N–H and O–H groups in total. The highest BCUT2D eigenvalue weighted by molar-refractivity contribution is 9.11. The first-order valence-electron chi connectivity index (χ1n) is 7.91. The van der Waals surface area contributed by atoms with Gasteiger partial charge in [-0.05, 0) is 62.5 Å². The summed E-state index contributed by atoms with van der Waals surface area (Å²) < 4.78 is 12.3. The van der Waals surface area contributed by atoms with Crippen LogP contribution < -0.4 is 10.2 Å². The van der Waals surface area contributed by atoms with Gasteiger partial charge in [0, 0.05) is 18.4 Å². The van der Waals surface area contributed by atoms with Gasteiger partial charge in [-0.25, -0.2) is 4.98 Å². The van der Waals surface area contributed by atoms with Gasteiger partial charge in [-0.1, -0.05) is 12.7 Å². The Morgan fingerprint density at radius 2 is 2.04 bits per heavy atom. The van der Waals surface area contributed by atoms with Gasteiger partial charge < -0.3 is 9.47 Å². The van der Waals surface area contributed by atoms with Gasteiger partial charge in [-0.3, -0.25) is 5.43 Å². The summed E-state index contributed by atoms with van der Waals surface area (Å²) in [5, 5.41) is 13.6. The second-order valence-corrected chi connectivity index (χ2v) is 7.18. The normalized spacial score (nSPS) is 10.6. The molecule has 0 radical (unpaired) electrons. The molecule has 0 aliphatic carbocycles. The zero-order chi connectivity index (χ0) is 19.8. The molecule has 8 heteroatoms. The van der Waals surface area contributed by atoms with Gasteiger partial charge in [0.1, 0.15) is 24.0 Å². The zero-order valence-corrected chi connectivity index (χ0v) is 18.1. The third-order valence-electron chi connectivity index (χ3n) is 3.39. The number of aromatic nitrogens is 1. The van der Waals surface area contributed by atoms with Crippen LogP contribution in [0.15, 0.2) is 44.9 Å². The number of nitrogens with one attached hydrogen (secondary N) is 1. The van der Waals surface area contributed by atoms with Crippen LogP contribution in [0.4, 0.5) is 5.82 Å². The van der Waals surface area contributed by atoms with Gasteiger partial charge in [0.25, 0.3) is 0 Å². The topological polar surface area (TPSA) is 79.5 Å². The van der Waals surface area contributed by atoms with E-state index in [1.165, 1.54) is 0 Å². The minimum Gasteiger partial charge on any atom is -0.487 e. The second kappa shape index (κ2) is 10.2. The van der Waals surface area contributed by atoms with Crippen LogP contribution in [-0.4, -0.2) is 24.9 Å². The molecule has 0 aliphatic heterocycles. The first-order valence-corrected chi connectivity index (χ1v) is 9.50. The monoisotopic (exact) mass is 492 g/mol. The van der Waals surface area contributed by atoms with E-state index in [1.807, 2.05) is 25.1 Å². The summed E-state index contributed by atoms with van der Waals surface area (Å²) in [5.74, 6) is 1.08. The van der Waals surface area contributed by atoms with E-state index in [2.05, 4.69) is 60.0 Å². The molecule has 0 fully saturated rings. The Bertz CT molecular complexity index is 884. The number of hydrazone groups is 1. The van der Waals surface area contributed by atoms with Crippen LogP contribution in [0.1, 0.15) is 22.4 Å². The Morgan fingerprint density at radius 3 is 2.63 bits per heavy atom. The summed E-state index contributed by atoms with van der Waals surface area (Å²) in [6.45, 7) is 6.23. The van der Waals surface area contributed by atoms with Crippen LogP contribution >= 0.6 is 31.9 Å². The highest BCUT2D eigenvalue weighted by Gasteiger charge is 2.11. The summed E-state index contributed by atoms with van der Waals surface area (Å²) in [7, 11) is 1.58. The molecule has 140 valence electrons. The van der Waals surface area contributed by atoms with E-state index in [1.54, 1.807) is 19.4 Å². The van der Waals surface area contributed by atoms with Crippen LogP contribution in [0.2, 0.25) is 0 Å². The van der Waals surface area contributed by atoms with Gasteiger partial charge in [0.2, 0.25) is 0 Å². The van der Waals surface area contributed by atoms with E-state index >= 15 is 0 Å². The zero-order valence-electron chi connectivity index (χ0n) is 14.9. The van der Waals surface area contributed by atoms with E-state index in [-0.39, 0.29) is 0 Å². The lowest BCUT2D eigenvalue weighted by molar-refractivity contribution is 0.184. The largest absolute Gasteiger partial charge is 0.487 e. The van der Waals surface area contributed by atoms with Crippen LogP contribution in [0.5, 0.6) is 5.75 Å². The predicted molar refractivity (Wildman–Crippen MR) is 113 cm³/mol. The summed E-state index contributed by atoms with van der Waals surface area (Å²) in [6, 6.07) is 7.73. The number of halogens is 2. The number of pyridine rings is 1. The van der Waals surface area contributed by atoms with Gasteiger partial charge in [0.05, 0.1) is 21.8 Å². The van der Waals surface area contributed by atoms with Crippen molar-refractivity contribution in [1.82, 2.24) is 4.98 Å². The number of aryl methyl sites for hydroxylation is 1. The average molecular weight is 494 g/mol. The molecule has 0 aliphatic rings. The maximum atomic E-state index is 9.44. The standard InChI is InChI=1S/C19H18Br2N4O2/c1-4-5-27-18-16(20)7-13(8-17(18)21)10-23-25-19-15(9-22)14(11-26-3)6-12(2)24-19/h4,6-8,10H,1,5,11H2,2-3H3,(H,24,25). The lowest BCUT2D eigenvalue weighted by Crippen LogP contribution is -2.03. The molecule has 2 aromatic rings. The first-order chi connectivity index (χ1) is 13.0. The molecule has 1 aromatic carbocycles. The molecule has 27 heavy (non-hydrogen) atoms. The van der Waals surface area contributed by atoms with Crippen molar-refractivity contribution in [3.63, 3.8) is 0 Å². The van der Waals surface area contributed by atoms with Crippen LogP contribution in [0.25, 0.3) is 0 Å². The van der Waals surface area contributed by atoms with Gasteiger partial charge in [-0.2, -0.15) is 10.4 Å². The van der Waals surface area contributed by atoms with Crippen molar-refractivity contribution in [1.29, 1.82) is 5.26 Å². The smallest absolute Gasteiger partial charge is 0.164 e. The molecule has 0 saturated carbocycles. The third kappa shape index (κ3) is 5.63. The van der Waals surface area contributed by atoms with Crippen molar-refractivity contribution >= 4 is 43.9 Å². The van der Waals surface area contributed by atoms with Crippen molar-refractivity contribution in [3.05, 3.63) is 62.2 Å². The van der Waals surface area contributed by atoms with Crippen LogP contribution in [0, 0.1) is 18.3 Å². The van der Waals surface area contributed by atoms with Crippen molar-refractivity contribution in [2.75, 3.05) is 19.1 Å². The molecule has 1 aromatic heterocycles. The van der Waals surface area contributed by atoms with E-state index in [0.29, 0.717) is 30.3 Å². The first kappa shape index (κ1) is 21.1. The number of nitrogens with zero attached hydrogens (tertiary/aromatic N) is 3. The quantitative estimate of drug-likeness (QED) is 0.320. The lowest BCUT2D eigenvalue weighted by atomic mass is 10.1. The highest BCUT2D eigenvalue weighted by atomic mass is 79.9. The maximum absolute atomic E-state index is 9.44. The SMILES string of the molecule is C=CCOc1c(Br)cc(C=NNc2nc(C)cc(COC)c2C#N)cc1Br. The molecule has 0 saturated heterocycles. The number of methoxy groups -OCH3 is 1. The van der Waals surface area contributed by atoms with Gasteiger partial charge >= 0.3 is 0 Å². The van der Waals surface area contributed by atoms with E-state index in [4.69, 9.17) is 9.47 Å². The molecule has 6 nitrogen and oxygen atoms in total. The fourth-order valence-electron chi connectivity index (χ4n) is 2.32. The molecular formula is C19H18Br2N4O2. The average Bonchev–Trinajstić information content (AvgIpc) is 2.61. The Morgan fingerprint density at radius 1 is 1.33 bits per heavy atom. The molecule has 0 atom stereocenters. The number of hydrogen-bond donors (Lipinski definition) is 1. The fourth-order valence-corrected chi connectivity index (χ4v) is 3.77. The number of nitriles is 1. The van der Waals surface area contributed by atoms with Gasteiger partial charge in [-0.15, -0.1) is 0 Å². The molecule has 0 bridgehead atoms. The van der Waals surface area contributed by atoms with Gasteiger partial charge in [0.15, 0.2) is 5.82 Å². The predicted octanol–water partition coefficient (Wildman–Crippen LogP) is 4.94. The molecule has 2 rings (SSSR count). The fraction of sp³-hybridized carbons (Fsp3) is 0.211. The number of anilines is 1. The van der Waals surface area contributed by atoms with Crippen LogP contribution in [0.3, 0.4) is 0 Å². The second-order valence-electron chi connectivity index (χ2n) is 5.47. The summed E-state index contributed by atoms with van der Waals surface area (Å²) in [6.07, 6.45) is 3.31. The molecule has 0 amide bonds. The van der Waals surface area contributed by atoms with Crippen molar-refractivity contribution in [2.24, 2.45) is 5.10 Å². The Labute approximate surface area is 175 Å². The summed E-state index contributed by atoms with van der Waals surface area (Å²) >= 11 is 6.97. The number of ether oxygens (including phenoxy) is 2. The van der Waals surface area contributed by atoms with E-state index in [9.17, 15) is 5.26 Å². The number of hydrogen-bond acceptors (Lipinski definition) is 6. The Hall–Kier alpha value is -2.21. The molecule has 0 spiro atoms. The highest BCUT2D eigenvalue weighted by Crippen LogP contribution is 2.34. The summed E-state index contributed by atoms with van der Waals surface area (Å²) in [4.78, 5) is 4.35. The van der Waals surface area contributed by atoms with Crippen molar-refractivity contribution in [3.8, 4) is 11.8 Å². The number of rotatable bonds is 8. The van der Waals surface area contributed by atoms with Crippen LogP contribution in [-0.2, 0) is 11.3 Å². The third-order valence-corrected chi connectivity index (χ3v) is 4.57. The molecule has 0 unspecified atom stereocenters. The molecular weight excluding hydrogens is 476 g/mol. The van der Waals surface area contributed by atoms with Crippen molar-refractivity contribution < 1.29 is 9.47 Å². The van der Waals surface area contributed by atoms with Crippen molar-refractivity contribution in [2.45, 2.75) is 13.5 Å². The minimum absolute atomic E-state index is 0.330. The minimum atomic E-state index is 0.330. The van der Waals surface area contributed by atoms with E-state index < -0.39 is 0 Å². The number of benzene rings is 1. The Balaban J connectivity index is 2.23. The maximum Gasteiger partial charge on any atom is 0.164 e. The van der Waals surface area contributed by atoms with E-state index in [0.717, 1.165) is 25.8 Å². The molecule has 1 heterocycles. The Kier molecular flexibility index (Phi) is 7.98. The summed E-state index contributed by atoms with van der Waals surface area (Å²) in [5.41, 5.74) is 5.62.